The quantitative estimate of drug-likeness (QED) is 0.897. The van der Waals surface area contributed by atoms with Crippen molar-refractivity contribution < 1.29 is 18.0 Å². The summed E-state index contributed by atoms with van der Waals surface area (Å²) in [5, 5.41) is 4.16. The number of carbonyl (C=O) groups is 1. The zero-order chi connectivity index (χ0) is 17.5. The SMILES string of the molecule is N[C@@H]1CCN(C(=O)c2cnn(-c3ccc(Cl)cc3)c2C(F)(F)F)C1. The van der Waals surface area contributed by atoms with Crippen LogP contribution in [-0.4, -0.2) is 39.7 Å². The molecule has 1 fully saturated rings. The van der Waals surface area contributed by atoms with Crippen LogP contribution in [0.4, 0.5) is 13.2 Å². The van der Waals surface area contributed by atoms with Gasteiger partial charge in [0.15, 0.2) is 5.69 Å². The molecule has 0 bridgehead atoms. The van der Waals surface area contributed by atoms with Crippen molar-refractivity contribution in [3.05, 3.63) is 46.7 Å². The minimum absolute atomic E-state index is 0.170. The molecule has 1 aromatic carbocycles. The molecule has 1 amide bonds. The van der Waals surface area contributed by atoms with Gasteiger partial charge in [-0.1, -0.05) is 11.6 Å². The fourth-order valence-electron chi connectivity index (χ4n) is 2.70. The molecule has 2 N–H and O–H groups in total. The van der Waals surface area contributed by atoms with Crippen LogP contribution >= 0.6 is 11.6 Å². The van der Waals surface area contributed by atoms with Gasteiger partial charge in [-0.05, 0) is 30.7 Å². The molecule has 0 spiro atoms. The van der Waals surface area contributed by atoms with Crippen molar-refractivity contribution in [2.75, 3.05) is 13.1 Å². The summed E-state index contributed by atoms with van der Waals surface area (Å²) < 4.78 is 41.4. The molecule has 1 saturated heterocycles. The summed E-state index contributed by atoms with van der Waals surface area (Å²) in [7, 11) is 0. The number of rotatable bonds is 2. The zero-order valence-electron chi connectivity index (χ0n) is 12.4. The number of likely N-dealkylation sites (tertiary alicyclic amines) is 1. The van der Waals surface area contributed by atoms with Crippen LogP contribution < -0.4 is 5.73 Å². The Morgan fingerprint density at radius 2 is 1.96 bits per heavy atom. The monoisotopic (exact) mass is 358 g/mol. The first-order valence-corrected chi connectivity index (χ1v) is 7.61. The minimum atomic E-state index is -4.73. The van der Waals surface area contributed by atoms with E-state index in [0.717, 1.165) is 6.20 Å². The van der Waals surface area contributed by atoms with Crippen LogP contribution in [-0.2, 0) is 6.18 Å². The fraction of sp³-hybridized carbons (Fsp3) is 0.333. The highest BCUT2D eigenvalue weighted by Crippen LogP contribution is 2.34. The lowest BCUT2D eigenvalue weighted by atomic mass is 10.2. The van der Waals surface area contributed by atoms with E-state index >= 15 is 0 Å². The van der Waals surface area contributed by atoms with Gasteiger partial charge in [0.2, 0.25) is 0 Å². The first-order chi connectivity index (χ1) is 11.3. The van der Waals surface area contributed by atoms with Gasteiger partial charge in [0.25, 0.3) is 5.91 Å². The second kappa shape index (κ2) is 6.10. The second-order valence-corrected chi connectivity index (χ2v) is 6.03. The topological polar surface area (TPSA) is 64.2 Å². The van der Waals surface area contributed by atoms with Crippen molar-refractivity contribution in [3.63, 3.8) is 0 Å². The van der Waals surface area contributed by atoms with E-state index in [4.69, 9.17) is 17.3 Å². The van der Waals surface area contributed by atoms with Gasteiger partial charge in [-0.2, -0.15) is 18.3 Å². The number of hydrogen-bond acceptors (Lipinski definition) is 3. The van der Waals surface area contributed by atoms with Crippen molar-refractivity contribution in [1.82, 2.24) is 14.7 Å². The van der Waals surface area contributed by atoms with Crippen LogP contribution in [0.2, 0.25) is 5.02 Å². The number of nitrogens with two attached hydrogens (primary N) is 1. The number of amides is 1. The van der Waals surface area contributed by atoms with E-state index in [-0.39, 0.29) is 18.3 Å². The van der Waals surface area contributed by atoms with E-state index in [1.165, 1.54) is 29.2 Å². The first-order valence-electron chi connectivity index (χ1n) is 7.23. The molecule has 2 aromatic rings. The van der Waals surface area contributed by atoms with Gasteiger partial charge >= 0.3 is 6.18 Å². The third kappa shape index (κ3) is 3.11. The Labute approximate surface area is 140 Å². The van der Waals surface area contributed by atoms with Crippen molar-refractivity contribution in [1.29, 1.82) is 0 Å². The molecule has 1 aliphatic heterocycles. The third-order valence-corrected chi connectivity index (χ3v) is 4.10. The maximum Gasteiger partial charge on any atom is 0.434 e. The number of halogens is 4. The average molecular weight is 359 g/mol. The number of carbonyl (C=O) groups excluding carboxylic acids is 1. The molecule has 128 valence electrons. The fourth-order valence-corrected chi connectivity index (χ4v) is 2.82. The molecule has 0 saturated carbocycles. The largest absolute Gasteiger partial charge is 0.434 e. The van der Waals surface area contributed by atoms with Crippen LogP contribution in [0.25, 0.3) is 5.69 Å². The Hall–Kier alpha value is -2.06. The lowest BCUT2D eigenvalue weighted by molar-refractivity contribution is -0.143. The second-order valence-electron chi connectivity index (χ2n) is 5.59. The van der Waals surface area contributed by atoms with Crippen LogP contribution in [0.5, 0.6) is 0 Å². The summed E-state index contributed by atoms with van der Waals surface area (Å²) in [6.45, 7) is 0.575. The summed E-state index contributed by atoms with van der Waals surface area (Å²) >= 11 is 5.76. The van der Waals surface area contributed by atoms with Crippen LogP contribution in [0, 0.1) is 0 Å². The third-order valence-electron chi connectivity index (χ3n) is 3.85. The summed E-state index contributed by atoms with van der Waals surface area (Å²) in [4.78, 5) is 13.8. The maximum atomic E-state index is 13.5. The van der Waals surface area contributed by atoms with Crippen LogP contribution in [0.1, 0.15) is 22.5 Å². The highest BCUT2D eigenvalue weighted by atomic mass is 35.5. The summed E-state index contributed by atoms with van der Waals surface area (Å²) in [6, 6.07) is 5.52. The molecule has 2 heterocycles. The Morgan fingerprint density at radius 1 is 1.29 bits per heavy atom. The lowest BCUT2D eigenvalue weighted by Gasteiger charge is -2.17. The number of hydrogen-bond donors (Lipinski definition) is 1. The predicted octanol–water partition coefficient (Wildman–Crippen LogP) is 2.72. The highest BCUT2D eigenvalue weighted by molar-refractivity contribution is 6.30. The minimum Gasteiger partial charge on any atom is -0.337 e. The molecule has 5 nitrogen and oxygen atoms in total. The summed E-state index contributed by atoms with van der Waals surface area (Å²) in [5.41, 5.74) is 4.31. The molecule has 1 aliphatic rings. The Bertz CT molecular complexity index is 757. The number of benzene rings is 1. The average Bonchev–Trinajstić information content (AvgIpc) is 3.13. The van der Waals surface area contributed by atoms with E-state index in [1.54, 1.807) is 0 Å². The summed E-state index contributed by atoms with van der Waals surface area (Å²) in [5.74, 6) is -0.713. The van der Waals surface area contributed by atoms with Crippen molar-refractivity contribution >= 4 is 17.5 Å². The normalized spacial score (nSPS) is 18.2. The first kappa shape index (κ1) is 16.8. The van der Waals surface area contributed by atoms with E-state index < -0.39 is 23.3 Å². The smallest absolute Gasteiger partial charge is 0.337 e. The van der Waals surface area contributed by atoms with E-state index in [9.17, 15) is 18.0 Å². The molecule has 1 aromatic heterocycles. The van der Waals surface area contributed by atoms with Crippen molar-refractivity contribution in [3.8, 4) is 5.69 Å². The van der Waals surface area contributed by atoms with Gasteiger partial charge in [-0.25, -0.2) is 4.68 Å². The van der Waals surface area contributed by atoms with Gasteiger partial charge in [-0.3, -0.25) is 4.79 Å². The van der Waals surface area contributed by atoms with Gasteiger partial charge in [-0.15, -0.1) is 0 Å². The van der Waals surface area contributed by atoms with E-state index in [1.807, 2.05) is 0 Å². The van der Waals surface area contributed by atoms with Gasteiger partial charge in [0.05, 0.1) is 17.4 Å². The number of aromatic nitrogens is 2. The van der Waals surface area contributed by atoms with Crippen molar-refractivity contribution in [2.45, 2.75) is 18.6 Å². The Kier molecular flexibility index (Phi) is 4.27. The predicted molar refractivity (Wildman–Crippen MR) is 82.1 cm³/mol. The van der Waals surface area contributed by atoms with E-state index in [2.05, 4.69) is 5.10 Å². The van der Waals surface area contributed by atoms with Crippen LogP contribution in [0.15, 0.2) is 30.5 Å². The zero-order valence-corrected chi connectivity index (χ0v) is 13.2. The molecule has 0 aliphatic carbocycles. The van der Waals surface area contributed by atoms with Gasteiger partial charge in [0, 0.05) is 24.2 Å². The molecule has 24 heavy (non-hydrogen) atoms. The standard InChI is InChI=1S/C15H14ClF3N4O/c16-9-1-3-11(4-2-9)23-13(15(17,18)19)12(7-21-23)14(24)22-6-5-10(20)8-22/h1-4,7,10H,5-6,8,20H2/t10-/m1/s1. The number of nitrogens with zero attached hydrogens (tertiary/aromatic N) is 3. The molecular formula is C15H14ClF3N4O. The lowest BCUT2D eigenvalue weighted by Crippen LogP contribution is -2.33. The molecular weight excluding hydrogens is 345 g/mol. The van der Waals surface area contributed by atoms with Gasteiger partial charge < -0.3 is 10.6 Å². The Balaban J connectivity index is 2.05. The summed E-state index contributed by atoms with van der Waals surface area (Å²) in [6.07, 6.45) is -3.22. The van der Waals surface area contributed by atoms with E-state index in [0.29, 0.717) is 22.7 Å². The number of alkyl halides is 3. The molecule has 3 rings (SSSR count). The van der Waals surface area contributed by atoms with Crippen molar-refractivity contribution in [2.24, 2.45) is 5.73 Å². The molecule has 9 heteroatoms. The molecule has 0 unspecified atom stereocenters. The Morgan fingerprint density at radius 3 is 2.50 bits per heavy atom. The molecule has 0 radical (unpaired) electrons. The van der Waals surface area contributed by atoms with Crippen LogP contribution in [0.3, 0.4) is 0 Å². The maximum absolute atomic E-state index is 13.5. The molecule has 1 atom stereocenters. The van der Waals surface area contributed by atoms with Gasteiger partial charge in [0.1, 0.15) is 0 Å². The highest BCUT2D eigenvalue weighted by Gasteiger charge is 2.42.